The fraction of sp³-hybridized carbons (Fsp3) is 0.462. The molecule has 0 saturated heterocycles. The van der Waals surface area contributed by atoms with E-state index in [9.17, 15) is 9.00 Å². The maximum atomic E-state index is 11.8. The topological polar surface area (TPSA) is 49.4 Å². The van der Waals surface area contributed by atoms with Crippen LogP contribution >= 0.6 is 0 Å². The number of nitrogens with one attached hydrogen (secondary N) is 1. The quantitative estimate of drug-likeness (QED) is 0.846. The standard InChI is InChI=1S/C13H20N2O2S/c1-11(10-18(3)17)15(2)9-13(16)14-12-7-5-4-6-8-12/h4-8,11H,9-10H2,1-3H3,(H,14,16)/t11-,18-/m1/s1. The summed E-state index contributed by atoms with van der Waals surface area (Å²) in [6.45, 7) is 2.27. The van der Waals surface area contributed by atoms with Gasteiger partial charge in [0, 0.05) is 34.5 Å². The van der Waals surface area contributed by atoms with E-state index in [0.717, 1.165) is 5.69 Å². The highest BCUT2D eigenvalue weighted by Crippen LogP contribution is 2.05. The molecule has 0 aliphatic rings. The van der Waals surface area contributed by atoms with Gasteiger partial charge in [-0.05, 0) is 26.1 Å². The van der Waals surface area contributed by atoms with Crippen LogP contribution in [0.2, 0.25) is 0 Å². The van der Waals surface area contributed by atoms with Gasteiger partial charge in [-0.3, -0.25) is 13.9 Å². The number of rotatable bonds is 6. The average molecular weight is 268 g/mol. The van der Waals surface area contributed by atoms with E-state index in [4.69, 9.17) is 0 Å². The third kappa shape index (κ3) is 5.42. The Morgan fingerprint density at radius 3 is 2.56 bits per heavy atom. The summed E-state index contributed by atoms with van der Waals surface area (Å²) in [5.74, 6) is 0.521. The molecular weight excluding hydrogens is 248 g/mol. The van der Waals surface area contributed by atoms with E-state index >= 15 is 0 Å². The Hall–Kier alpha value is -1.20. The number of carbonyl (C=O) groups excluding carboxylic acids is 1. The van der Waals surface area contributed by atoms with Crippen molar-refractivity contribution in [3.63, 3.8) is 0 Å². The molecule has 1 aromatic carbocycles. The van der Waals surface area contributed by atoms with Crippen molar-refractivity contribution in [2.24, 2.45) is 0 Å². The second-order valence-electron chi connectivity index (χ2n) is 4.42. The molecule has 0 saturated carbocycles. The lowest BCUT2D eigenvalue weighted by molar-refractivity contribution is -0.117. The Balaban J connectivity index is 2.42. The van der Waals surface area contributed by atoms with Gasteiger partial charge in [-0.1, -0.05) is 18.2 Å². The number of carbonyl (C=O) groups is 1. The maximum absolute atomic E-state index is 11.8. The summed E-state index contributed by atoms with van der Waals surface area (Å²) in [6, 6.07) is 9.48. The minimum Gasteiger partial charge on any atom is -0.325 e. The van der Waals surface area contributed by atoms with E-state index in [1.54, 1.807) is 6.26 Å². The van der Waals surface area contributed by atoms with Crippen molar-refractivity contribution >= 4 is 22.4 Å². The van der Waals surface area contributed by atoms with Gasteiger partial charge in [-0.25, -0.2) is 0 Å². The highest BCUT2D eigenvalue weighted by molar-refractivity contribution is 7.84. The van der Waals surface area contributed by atoms with Crippen molar-refractivity contribution in [3.05, 3.63) is 30.3 Å². The molecule has 0 unspecified atom stereocenters. The fourth-order valence-corrected chi connectivity index (χ4v) is 2.51. The predicted molar refractivity (Wildman–Crippen MR) is 76.1 cm³/mol. The van der Waals surface area contributed by atoms with Crippen LogP contribution in [0.25, 0.3) is 0 Å². The largest absolute Gasteiger partial charge is 0.325 e. The first-order valence-corrected chi connectivity index (χ1v) is 7.57. The molecule has 4 nitrogen and oxygen atoms in total. The molecule has 1 rings (SSSR count). The maximum Gasteiger partial charge on any atom is 0.238 e. The van der Waals surface area contributed by atoms with Crippen molar-refractivity contribution in [2.45, 2.75) is 13.0 Å². The third-order valence-electron chi connectivity index (χ3n) is 2.68. The van der Waals surface area contributed by atoms with Crippen molar-refractivity contribution in [3.8, 4) is 0 Å². The summed E-state index contributed by atoms with van der Waals surface area (Å²) in [7, 11) is 1.02. The summed E-state index contributed by atoms with van der Waals surface area (Å²) in [5, 5.41) is 2.82. The number of para-hydroxylation sites is 1. The van der Waals surface area contributed by atoms with Crippen molar-refractivity contribution in [1.29, 1.82) is 0 Å². The molecule has 0 aliphatic carbocycles. The van der Waals surface area contributed by atoms with E-state index in [-0.39, 0.29) is 11.9 Å². The van der Waals surface area contributed by atoms with Gasteiger partial charge in [-0.2, -0.15) is 0 Å². The van der Waals surface area contributed by atoms with Gasteiger partial charge in [0.2, 0.25) is 5.91 Å². The summed E-state index contributed by atoms with van der Waals surface area (Å²) in [5.41, 5.74) is 0.794. The SMILES string of the molecule is C[C@H](C[S@@](C)=O)N(C)CC(=O)Nc1ccccc1. The van der Waals surface area contributed by atoms with E-state index in [1.165, 1.54) is 0 Å². The number of nitrogens with zero attached hydrogens (tertiary/aromatic N) is 1. The van der Waals surface area contributed by atoms with Gasteiger partial charge in [-0.15, -0.1) is 0 Å². The Morgan fingerprint density at radius 1 is 1.39 bits per heavy atom. The lowest BCUT2D eigenvalue weighted by atomic mass is 10.3. The highest BCUT2D eigenvalue weighted by Gasteiger charge is 2.14. The summed E-state index contributed by atoms with van der Waals surface area (Å²) >= 11 is 0. The summed E-state index contributed by atoms with van der Waals surface area (Å²) in [6.07, 6.45) is 1.67. The van der Waals surface area contributed by atoms with Gasteiger partial charge in [0.05, 0.1) is 6.54 Å². The number of anilines is 1. The molecule has 2 atom stereocenters. The molecule has 0 spiro atoms. The van der Waals surface area contributed by atoms with Gasteiger partial charge in [0.25, 0.3) is 0 Å². The first-order valence-electron chi connectivity index (χ1n) is 5.84. The Morgan fingerprint density at radius 2 is 2.00 bits per heavy atom. The van der Waals surface area contributed by atoms with Crippen LogP contribution in [0.15, 0.2) is 30.3 Å². The zero-order valence-corrected chi connectivity index (χ0v) is 11.9. The first-order chi connectivity index (χ1) is 8.49. The van der Waals surface area contributed by atoms with Crippen LogP contribution in [0.3, 0.4) is 0 Å². The van der Waals surface area contributed by atoms with E-state index in [0.29, 0.717) is 12.3 Å². The molecule has 1 amide bonds. The second-order valence-corrected chi connectivity index (χ2v) is 5.90. The molecule has 100 valence electrons. The molecule has 0 aromatic heterocycles. The lowest BCUT2D eigenvalue weighted by Crippen LogP contribution is -2.39. The van der Waals surface area contributed by atoms with E-state index in [1.807, 2.05) is 49.2 Å². The lowest BCUT2D eigenvalue weighted by Gasteiger charge is -2.23. The van der Waals surface area contributed by atoms with Crippen molar-refractivity contribution in [2.75, 3.05) is 30.9 Å². The van der Waals surface area contributed by atoms with Gasteiger partial charge in [0.1, 0.15) is 0 Å². The zero-order valence-electron chi connectivity index (χ0n) is 11.1. The molecule has 1 aromatic rings. The number of hydrogen-bond donors (Lipinski definition) is 1. The second kappa shape index (κ2) is 7.28. The molecule has 0 aliphatic heterocycles. The molecular formula is C13H20N2O2S. The van der Waals surface area contributed by atoms with Crippen molar-refractivity contribution in [1.82, 2.24) is 4.90 Å². The van der Waals surface area contributed by atoms with Crippen LogP contribution in [0.4, 0.5) is 5.69 Å². The van der Waals surface area contributed by atoms with Crippen LogP contribution in [0.5, 0.6) is 0 Å². The van der Waals surface area contributed by atoms with E-state index < -0.39 is 10.8 Å². The molecule has 0 fully saturated rings. The highest BCUT2D eigenvalue weighted by atomic mass is 32.2. The minimum atomic E-state index is -0.842. The molecule has 5 heteroatoms. The molecule has 18 heavy (non-hydrogen) atoms. The average Bonchev–Trinajstić information content (AvgIpc) is 2.29. The van der Waals surface area contributed by atoms with Crippen LogP contribution in [-0.2, 0) is 15.6 Å². The van der Waals surface area contributed by atoms with E-state index in [2.05, 4.69) is 5.32 Å². The normalized spacial score (nSPS) is 14.2. The predicted octanol–water partition coefficient (Wildman–Crippen LogP) is 1.32. The zero-order chi connectivity index (χ0) is 13.5. The van der Waals surface area contributed by atoms with Crippen LogP contribution in [0, 0.1) is 0 Å². The Kier molecular flexibility index (Phi) is 6.01. The fourth-order valence-electron chi connectivity index (χ4n) is 1.57. The van der Waals surface area contributed by atoms with Crippen LogP contribution < -0.4 is 5.32 Å². The Bertz CT molecular complexity index is 409. The van der Waals surface area contributed by atoms with Crippen molar-refractivity contribution < 1.29 is 9.00 Å². The van der Waals surface area contributed by atoms with Gasteiger partial charge >= 0.3 is 0 Å². The molecule has 0 heterocycles. The van der Waals surface area contributed by atoms with Gasteiger partial charge in [0.15, 0.2) is 0 Å². The van der Waals surface area contributed by atoms with Crippen LogP contribution in [0.1, 0.15) is 6.92 Å². The molecule has 0 radical (unpaired) electrons. The van der Waals surface area contributed by atoms with Crippen LogP contribution in [-0.4, -0.2) is 46.7 Å². The third-order valence-corrected chi connectivity index (χ3v) is 3.63. The number of likely N-dealkylation sites (N-methyl/N-ethyl adjacent to an activating group) is 1. The number of amides is 1. The number of benzene rings is 1. The smallest absolute Gasteiger partial charge is 0.238 e. The summed E-state index contributed by atoms with van der Waals surface area (Å²) < 4.78 is 11.1. The summed E-state index contributed by atoms with van der Waals surface area (Å²) in [4.78, 5) is 13.7. The minimum absolute atomic E-state index is 0.0579. The monoisotopic (exact) mass is 268 g/mol. The molecule has 0 bridgehead atoms. The molecule has 1 N–H and O–H groups in total. The van der Waals surface area contributed by atoms with Gasteiger partial charge < -0.3 is 5.32 Å². The Labute approximate surface area is 111 Å². The number of hydrogen-bond acceptors (Lipinski definition) is 3. The first kappa shape index (κ1) is 14.9.